The quantitative estimate of drug-likeness (QED) is 0.657. The summed E-state index contributed by atoms with van der Waals surface area (Å²) in [6.45, 7) is 2.83. The minimum absolute atomic E-state index is 0.0809. The van der Waals surface area contributed by atoms with Crippen LogP contribution in [0, 0.1) is 12.3 Å². The molecule has 0 aliphatic carbocycles. The number of nitrogens with one attached hydrogen (secondary N) is 1. The third-order valence-corrected chi connectivity index (χ3v) is 4.08. The maximum Gasteiger partial charge on any atom is 0.142 e. The zero-order chi connectivity index (χ0) is 15.0. The Balaban J connectivity index is 2.19. The first-order valence-corrected chi connectivity index (χ1v) is 7.33. The average molecular weight is 283 g/mol. The van der Waals surface area contributed by atoms with E-state index in [1.165, 1.54) is 17.7 Å². The summed E-state index contributed by atoms with van der Waals surface area (Å²) in [5.41, 5.74) is 9.91. The van der Waals surface area contributed by atoms with Gasteiger partial charge in [0.15, 0.2) is 0 Å². The Morgan fingerprint density at radius 2 is 2.05 bits per heavy atom. The van der Waals surface area contributed by atoms with E-state index in [1.807, 2.05) is 18.7 Å². The molecule has 3 rings (SSSR count). The zero-order valence-corrected chi connectivity index (χ0v) is 12.6. The van der Waals surface area contributed by atoms with Crippen molar-refractivity contribution in [3.05, 3.63) is 41.1 Å². The van der Waals surface area contributed by atoms with Crippen molar-refractivity contribution in [2.75, 3.05) is 11.4 Å². The number of para-hydroxylation sites is 1. The molecule has 5 nitrogen and oxygen atoms in total. The Hall–Kier alpha value is -2.30. The van der Waals surface area contributed by atoms with E-state index in [2.05, 4.69) is 34.3 Å². The topological polar surface area (TPSA) is 70.9 Å². The summed E-state index contributed by atoms with van der Waals surface area (Å²) in [6.07, 6.45) is 3.40. The van der Waals surface area contributed by atoms with Gasteiger partial charge in [-0.15, -0.1) is 0 Å². The largest absolute Gasteiger partial charge is 0.384 e. The summed E-state index contributed by atoms with van der Waals surface area (Å²) in [7, 11) is 1.92. The molecule has 5 heteroatoms. The normalized spacial score (nSPS) is 14.7. The number of aromatic nitrogens is 2. The molecule has 1 aromatic heterocycles. The van der Waals surface area contributed by atoms with Gasteiger partial charge in [-0.25, -0.2) is 0 Å². The molecule has 0 saturated heterocycles. The highest BCUT2D eigenvalue weighted by Crippen LogP contribution is 2.35. The van der Waals surface area contributed by atoms with Crippen molar-refractivity contribution in [2.45, 2.75) is 26.2 Å². The maximum atomic E-state index is 7.89. The van der Waals surface area contributed by atoms with Gasteiger partial charge in [0.25, 0.3) is 0 Å². The molecule has 3 N–H and O–H groups in total. The molecule has 0 spiro atoms. The molecule has 0 bridgehead atoms. The molecule has 1 aliphatic heterocycles. The number of fused-ring (bicyclic) bond motifs is 1. The highest BCUT2D eigenvalue weighted by molar-refractivity contribution is 6.01. The van der Waals surface area contributed by atoms with Gasteiger partial charge < -0.3 is 10.6 Å². The van der Waals surface area contributed by atoms with Crippen molar-refractivity contribution in [2.24, 2.45) is 12.8 Å². The molecule has 2 heterocycles. The van der Waals surface area contributed by atoms with Crippen LogP contribution in [0.1, 0.15) is 29.7 Å². The molecule has 0 unspecified atom stereocenters. The van der Waals surface area contributed by atoms with Gasteiger partial charge in [0.2, 0.25) is 0 Å². The number of anilines is 2. The summed E-state index contributed by atoms with van der Waals surface area (Å²) in [5.74, 6) is 1.01. The first-order valence-electron chi connectivity index (χ1n) is 7.33. The number of nitrogens with zero attached hydrogens (tertiary/aromatic N) is 3. The van der Waals surface area contributed by atoms with Crippen LogP contribution in [0.15, 0.2) is 24.3 Å². The monoisotopic (exact) mass is 283 g/mol. The molecular weight excluding hydrogens is 262 g/mol. The highest BCUT2D eigenvalue weighted by atomic mass is 15.4. The van der Waals surface area contributed by atoms with Gasteiger partial charge in [-0.3, -0.25) is 10.1 Å². The van der Waals surface area contributed by atoms with E-state index in [9.17, 15) is 0 Å². The maximum absolute atomic E-state index is 7.89. The number of benzene rings is 1. The first-order chi connectivity index (χ1) is 10.1. The lowest BCUT2D eigenvalue weighted by Crippen LogP contribution is -2.24. The van der Waals surface area contributed by atoms with Crippen molar-refractivity contribution < 1.29 is 0 Å². The number of hydrogen-bond donors (Lipinski definition) is 2. The molecule has 0 radical (unpaired) electrons. The van der Waals surface area contributed by atoms with Gasteiger partial charge in [0.05, 0.1) is 11.3 Å². The average Bonchev–Trinajstić information content (AvgIpc) is 2.63. The lowest BCUT2D eigenvalue weighted by molar-refractivity contribution is 0.715. The molecule has 1 aliphatic rings. The molecule has 110 valence electrons. The van der Waals surface area contributed by atoms with Gasteiger partial charge in [-0.1, -0.05) is 18.2 Å². The second-order valence-corrected chi connectivity index (χ2v) is 5.56. The Morgan fingerprint density at radius 1 is 1.29 bits per heavy atom. The standard InChI is InChI=1S/C16H21N5/c1-11-14(15(17)18)16(20(2)19-11)21-10-6-5-8-12-7-3-4-9-13(12)21/h3-4,7,9H,5-6,8,10H2,1-2H3,(H3,17,18). The fourth-order valence-electron chi connectivity index (χ4n) is 3.18. The van der Waals surface area contributed by atoms with E-state index >= 15 is 0 Å². The fraction of sp³-hybridized carbons (Fsp3) is 0.375. The zero-order valence-electron chi connectivity index (χ0n) is 12.6. The van der Waals surface area contributed by atoms with Crippen LogP contribution in [-0.4, -0.2) is 22.2 Å². The summed E-state index contributed by atoms with van der Waals surface area (Å²) in [5, 5.41) is 12.4. The van der Waals surface area contributed by atoms with E-state index in [4.69, 9.17) is 11.1 Å². The van der Waals surface area contributed by atoms with Crippen LogP contribution in [-0.2, 0) is 13.5 Å². The van der Waals surface area contributed by atoms with Crippen molar-refractivity contribution in [3.63, 3.8) is 0 Å². The van der Waals surface area contributed by atoms with Crippen molar-refractivity contribution in [1.82, 2.24) is 9.78 Å². The van der Waals surface area contributed by atoms with E-state index in [0.717, 1.165) is 36.5 Å². The smallest absolute Gasteiger partial charge is 0.142 e. The van der Waals surface area contributed by atoms with Gasteiger partial charge in [0.1, 0.15) is 11.7 Å². The minimum atomic E-state index is 0.0809. The number of hydrogen-bond acceptors (Lipinski definition) is 3. The van der Waals surface area contributed by atoms with E-state index < -0.39 is 0 Å². The van der Waals surface area contributed by atoms with Crippen molar-refractivity contribution >= 4 is 17.3 Å². The second-order valence-electron chi connectivity index (χ2n) is 5.56. The molecule has 0 amide bonds. The van der Waals surface area contributed by atoms with Crippen LogP contribution in [0.4, 0.5) is 11.5 Å². The van der Waals surface area contributed by atoms with Crippen LogP contribution in [0.25, 0.3) is 0 Å². The predicted octanol–water partition coefficient (Wildman–Crippen LogP) is 2.49. The summed E-state index contributed by atoms with van der Waals surface area (Å²) in [6, 6.07) is 8.48. The van der Waals surface area contributed by atoms with Crippen LogP contribution in [0.5, 0.6) is 0 Å². The highest BCUT2D eigenvalue weighted by Gasteiger charge is 2.25. The molecular formula is C16H21N5. The van der Waals surface area contributed by atoms with Crippen molar-refractivity contribution in [1.29, 1.82) is 5.41 Å². The predicted molar refractivity (Wildman–Crippen MR) is 85.3 cm³/mol. The molecule has 0 atom stereocenters. The number of amidine groups is 1. The molecule has 21 heavy (non-hydrogen) atoms. The number of nitrogen functional groups attached to an aromatic ring is 1. The minimum Gasteiger partial charge on any atom is -0.384 e. The third-order valence-electron chi connectivity index (χ3n) is 4.08. The van der Waals surface area contributed by atoms with Gasteiger partial charge in [-0.05, 0) is 37.8 Å². The second kappa shape index (κ2) is 5.24. The lowest BCUT2D eigenvalue weighted by Gasteiger charge is -2.26. The Labute approximate surface area is 124 Å². The Morgan fingerprint density at radius 3 is 2.81 bits per heavy atom. The van der Waals surface area contributed by atoms with Crippen LogP contribution >= 0.6 is 0 Å². The number of rotatable bonds is 2. The molecule has 0 fully saturated rings. The summed E-state index contributed by atoms with van der Waals surface area (Å²) in [4.78, 5) is 2.26. The van der Waals surface area contributed by atoms with E-state index in [0.29, 0.717) is 0 Å². The van der Waals surface area contributed by atoms with Crippen LogP contribution < -0.4 is 10.6 Å². The number of aryl methyl sites for hydroxylation is 3. The van der Waals surface area contributed by atoms with Crippen molar-refractivity contribution in [3.8, 4) is 0 Å². The van der Waals surface area contributed by atoms with Crippen LogP contribution in [0.3, 0.4) is 0 Å². The summed E-state index contributed by atoms with van der Waals surface area (Å²) < 4.78 is 1.84. The SMILES string of the molecule is Cc1nn(C)c(N2CCCCc3ccccc32)c1C(=N)N. The molecule has 0 saturated carbocycles. The Bertz CT molecular complexity index is 686. The van der Waals surface area contributed by atoms with E-state index in [1.54, 1.807) is 0 Å². The molecule has 2 aromatic rings. The van der Waals surface area contributed by atoms with E-state index in [-0.39, 0.29) is 5.84 Å². The third kappa shape index (κ3) is 2.28. The lowest BCUT2D eigenvalue weighted by atomic mass is 10.1. The van der Waals surface area contributed by atoms with Gasteiger partial charge >= 0.3 is 0 Å². The molecule has 1 aromatic carbocycles. The summed E-state index contributed by atoms with van der Waals surface area (Å²) >= 11 is 0. The first kappa shape index (κ1) is 13.7. The van der Waals surface area contributed by atoms with Gasteiger partial charge in [-0.2, -0.15) is 5.10 Å². The Kier molecular flexibility index (Phi) is 3.41. The van der Waals surface area contributed by atoms with Gasteiger partial charge in [0, 0.05) is 19.3 Å². The van der Waals surface area contributed by atoms with Crippen LogP contribution in [0.2, 0.25) is 0 Å². The fourth-order valence-corrected chi connectivity index (χ4v) is 3.18. The number of nitrogens with two attached hydrogens (primary N) is 1.